The van der Waals surface area contributed by atoms with Crippen LogP contribution in [-0.4, -0.2) is 40.8 Å². The van der Waals surface area contributed by atoms with Gasteiger partial charge in [0.1, 0.15) is 24.2 Å². The molecule has 0 fully saturated rings. The normalized spacial score (nSPS) is 20.5. The fourth-order valence-electron chi connectivity index (χ4n) is 3.83. The standard InChI is InChI=1S/C25H25F6NO5S/c1-4-23(2,3)20(22(34)35)32-21(33)15-9-10-17-16(11-18(38-17)24(26,27)28)19(15)36-12-13-5-7-14(8-6-13)37-25(29,30)31/h5-11,16-17,20H,4,12H2,1-3H3,(H,32,33)(H,34,35). The van der Waals surface area contributed by atoms with Crippen molar-refractivity contribution in [3.8, 4) is 5.75 Å². The van der Waals surface area contributed by atoms with Gasteiger partial charge in [0.2, 0.25) is 0 Å². The van der Waals surface area contributed by atoms with Crippen LogP contribution in [0.15, 0.2) is 58.7 Å². The molecule has 1 aliphatic carbocycles. The van der Waals surface area contributed by atoms with Crippen molar-refractivity contribution in [1.29, 1.82) is 0 Å². The van der Waals surface area contributed by atoms with Crippen LogP contribution in [0.5, 0.6) is 5.75 Å². The number of hydrogen-bond acceptors (Lipinski definition) is 5. The van der Waals surface area contributed by atoms with Gasteiger partial charge in [0.05, 0.1) is 16.4 Å². The lowest BCUT2D eigenvalue weighted by molar-refractivity contribution is -0.274. The average molecular weight is 566 g/mol. The van der Waals surface area contributed by atoms with Crippen LogP contribution in [0.4, 0.5) is 26.3 Å². The quantitative estimate of drug-likeness (QED) is 0.352. The second kappa shape index (κ2) is 11.0. The first-order valence-electron chi connectivity index (χ1n) is 11.4. The summed E-state index contributed by atoms with van der Waals surface area (Å²) in [6, 6.07) is 3.37. The number of alkyl halides is 6. The number of aliphatic carboxylic acids is 1. The summed E-state index contributed by atoms with van der Waals surface area (Å²) in [5.74, 6) is -3.66. The second-order valence-corrected chi connectivity index (χ2v) is 10.6. The molecule has 1 amide bonds. The van der Waals surface area contributed by atoms with E-state index in [-0.39, 0.29) is 17.9 Å². The molecule has 13 heteroatoms. The van der Waals surface area contributed by atoms with Gasteiger partial charge in [-0.15, -0.1) is 24.9 Å². The Labute approximate surface area is 218 Å². The Balaban J connectivity index is 1.92. The third-order valence-electron chi connectivity index (χ3n) is 6.26. The van der Waals surface area contributed by atoms with Gasteiger partial charge < -0.3 is 19.9 Å². The molecule has 1 heterocycles. The number of rotatable bonds is 9. The molecule has 2 aliphatic rings. The van der Waals surface area contributed by atoms with Crippen molar-refractivity contribution >= 4 is 23.6 Å². The van der Waals surface area contributed by atoms with Crippen molar-refractivity contribution in [2.45, 2.75) is 57.6 Å². The topological polar surface area (TPSA) is 84.9 Å². The number of hydrogen-bond donors (Lipinski definition) is 2. The minimum absolute atomic E-state index is 0.101. The molecule has 1 aromatic rings. The molecule has 0 spiro atoms. The lowest BCUT2D eigenvalue weighted by Gasteiger charge is -2.32. The first-order chi connectivity index (χ1) is 17.5. The Hall–Kier alpha value is -3.09. The maximum atomic E-state index is 13.4. The Morgan fingerprint density at radius 3 is 2.26 bits per heavy atom. The number of carbonyl (C=O) groups excluding carboxylic acids is 1. The number of carboxylic acids is 1. The van der Waals surface area contributed by atoms with E-state index in [2.05, 4.69) is 10.1 Å². The van der Waals surface area contributed by atoms with Crippen LogP contribution < -0.4 is 10.1 Å². The molecule has 0 saturated heterocycles. The summed E-state index contributed by atoms with van der Waals surface area (Å²) in [6.07, 6.45) is -5.41. The zero-order valence-corrected chi connectivity index (χ0v) is 21.3. The fourth-order valence-corrected chi connectivity index (χ4v) is 4.99. The van der Waals surface area contributed by atoms with Crippen LogP contribution in [0.3, 0.4) is 0 Å². The van der Waals surface area contributed by atoms with Crippen molar-refractivity contribution in [2.75, 3.05) is 0 Å². The van der Waals surface area contributed by atoms with E-state index in [1.165, 1.54) is 24.3 Å². The van der Waals surface area contributed by atoms with E-state index < -0.39 is 57.7 Å². The van der Waals surface area contributed by atoms with E-state index >= 15 is 0 Å². The SMILES string of the molecule is CCC(C)(C)C(NC(=O)C1=C(OCc2ccc(OC(F)(F)F)cc2)C2C=C(C(F)(F)F)SC2C=C1)C(=O)O. The smallest absolute Gasteiger partial charge is 0.492 e. The van der Waals surface area contributed by atoms with Gasteiger partial charge in [-0.3, -0.25) is 4.79 Å². The maximum absolute atomic E-state index is 13.4. The molecule has 3 atom stereocenters. The molecule has 208 valence electrons. The van der Waals surface area contributed by atoms with Crippen LogP contribution in [0, 0.1) is 11.3 Å². The van der Waals surface area contributed by atoms with Crippen LogP contribution >= 0.6 is 11.8 Å². The predicted molar refractivity (Wildman–Crippen MR) is 127 cm³/mol. The number of fused-ring (bicyclic) bond motifs is 1. The van der Waals surface area contributed by atoms with E-state index in [0.717, 1.165) is 18.2 Å². The number of allylic oxidation sites excluding steroid dienone is 2. The van der Waals surface area contributed by atoms with Gasteiger partial charge in [-0.25, -0.2) is 4.79 Å². The Bertz CT molecular complexity index is 1150. The van der Waals surface area contributed by atoms with E-state index in [0.29, 0.717) is 23.7 Å². The summed E-state index contributed by atoms with van der Waals surface area (Å²) in [5.41, 5.74) is -0.614. The summed E-state index contributed by atoms with van der Waals surface area (Å²) in [5, 5.41) is 11.4. The largest absolute Gasteiger partial charge is 0.573 e. The summed E-state index contributed by atoms with van der Waals surface area (Å²) in [7, 11) is 0. The molecular weight excluding hydrogens is 540 g/mol. The Morgan fingerprint density at radius 2 is 1.74 bits per heavy atom. The number of carbonyl (C=O) groups is 2. The van der Waals surface area contributed by atoms with Gasteiger partial charge in [0.25, 0.3) is 5.91 Å². The predicted octanol–water partition coefficient (Wildman–Crippen LogP) is 6.11. The maximum Gasteiger partial charge on any atom is 0.573 e. The number of carboxylic acid groups (broad SMARTS) is 1. The number of benzene rings is 1. The highest BCUT2D eigenvalue weighted by Gasteiger charge is 2.45. The molecule has 0 saturated carbocycles. The average Bonchev–Trinajstić information content (AvgIpc) is 3.26. The Morgan fingerprint density at radius 1 is 1.11 bits per heavy atom. The van der Waals surface area contributed by atoms with E-state index in [1.54, 1.807) is 20.8 Å². The monoisotopic (exact) mass is 565 g/mol. The number of ether oxygens (including phenoxy) is 2. The molecule has 1 aromatic carbocycles. The van der Waals surface area contributed by atoms with Crippen LogP contribution in [0.1, 0.15) is 32.8 Å². The molecule has 2 N–H and O–H groups in total. The fraction of sp³-hybridized carbons (Fsp3) is 0.440. The van der Waals surface area contributed by atoms with Crippen LogP contribution in [-0.2, 0) is 20.9 Å². The molecule has 0 radical (unpaired) electrons. The third-order valence-corrected chi connectivity index (χ3v) is 7.60. The highest BCUT2D eigenvalue weighted by atomic mass is 32.2. The van der Waals surface area contributed by atoms with E-state index in [9.17, 15) is 41.0 Å². The molecule has 0 aromatic heterocycles. The first-order valence-corrected chi connectivity index (χ1v) is 12.3. The van der Waals surface area contributed by atoms with Gasteiger partial charge in [-0.2, -0.15) is 13.2 Å². The Kier molecular flexibility index (Phi) is 8.49. The third kappa shape index (κ3) is 7.06. The van der Waals surface area contributed by atoms with Crippen LogP contribution in [0.2, 0.25) is 0 Å². The van der Waals surface area contributed by atoms with Crippen molar-refractivity contribution in [3.63, 3.8) is 0 Å². The minimum atomic E-state index is -4.88. The summed E-state index contributed by atoms with van der Waals surface area (Å²) in [4.78, 5) is 24.2. The lowest BCUT2D eigenvalue weighted by Crippen LogP contribution is -2.50. The van der Waals surface area contributed by atoms with Gasteiger partial charge in [0, 0.05) is 5.25 Å². The first kappa shape index (κ1) is 29.5. The number of halogens is 6. The van der Waals surface area contributed by atoms with Crippen molar-refractivity contribution in [2.24, 2.45) is 11.3 Å². The molecule has 3 rings (SSSR count). The second-order valence-electron chi connectivity index (χ2n) is 9.34. The van der Waals surface area contributed by atoms with Crippen molar-refractivity contribution < 1.29 is 50.5 Å². The molecular formula is C25H25F6NO5S. The highest BCUT2D eigenvalue weighted by molar-refractivity contribution is 8.04. The minimum Gasteiger partial charge on any atom is -0.492 e. The van der Waals surface area contributed by atoms with Gasteiger partial charge in [-0.05, 0) is 35.6 Å². The summed E-state index contributed by atoms with van der Waals surface area (Å²) in [6.45, 7) is 4.79. The van der Waals surface area contributed by atoms with E-state index in [1.807, 2.05) is 0 Å². The number of amides is 1. The van der Waals surface area contributed by atoms with E-state index in [4.69, 9.17) is 4.74 Å². The zero-order valence-electron chi connectivity index (χ0n) is 20.4. The zero-order chi connectivity index (χ0) is 28.5. The lowest BCUT2D eigenvalue weighted by atomic mass is 9.81. The summed E-state index contributed by atoms with van der Waals surface area (Å²) < 4.78 is 87.1. The molecule has 38 heavy (non-hydrogen) atoms. The van der Waals surface area contributed by atoms with Crippen molar-refractivity contribution in [1.82, 2.24) is 5.32 Å². The summed E-state index contributed by atoms with van der Waals surface area (Å²) >= 11 is 0.561. The van der Waals surface area contributed by atoms with Gasteiger partial charge >= 0.3 is 18.5 Å². The van der Waals surface area contributed by atoms with Gasteiger partial charge in [0.15, 0.2) is 0 Å². The number of thioether (sulfide) groups is 1. The van der Waals surface area contributed by atoms with Gasteiger partial charge in [-0.1, -0.05) is 45.1 Å². The molecule has 6 nitrogen and oxygen atoms in total. The van der Waals surface area contributed by atoms with Crippen molar-refractivity contribution in [3.05, 3.63) is 64.3 Å². The highest BCUT2D eigenvalue weighted by Crippen LogP contribution is 2.50. The molecule has 0 bridgehead atoms. The van der Waals surface area contributed by atoms with Crippen LogP contribution in [0.25, 0.3) is 0 Å². The molecule has 1 aliphatic heterocycles. The molecule has 3 unspecified atom stereocenters. The number of nitrogens with one attached hydrogen (secondary N) is 1.